The molecule has 7 nitrogen and oxygen atoms in total. The molecule has 0 spiro atoms. The normalized spacial score (nSPS) is 13.1. The molecule has 0 aliphatic rings. The fraction of sp³-hybridized carbons (Fsp3) is 0.481. The maximum atomic E-state index is 13.5. The number of nitrogens with one attached hydrogen (secondary N) is 1. The second kappa shape index (κ2) is 13.5. The van der Waals surface area contributed by atoms with Crippen LogP contribution in [0, 0.1) is 13.8 Å². The zero-order chi connectivity index (χ0) is 27.9. The second-order valence-electron chi connectivity index (χ2n) is 9.44. The summed E-state index contributed by atoms with van der Waals surface area (Å²) in [4.78, 5) is 27.8. The van der Waals surface area contributed by atoms with Crippen LogP contribution in [-0.4, -0.2) is 50.0 Å². The number of halogens is 2. The minimum absolute atomic E-state index is 0.0416. The Balaban J connectivity index is 2.26. The van der Waals surface area contributed by atoms with E-state index in [2.05, 4.69) is 5.32 Å². The van der Waals surface area contributed by atoms with E-state index in [9.17, 15) is 18.0 Å². The van der Waals surface area contributed by atoms with Crippen molar-refractivity contribution in [1.29, 1.82) is 0 Å². The van der Waals surface area contributed by atoms with Gasteiger partial charge in [0.2, 0.25) is 21.8 Å². The molecule has 2 atom stereocenters. The van der Waals surface area contributed by atoms with Gasteiger partial charge in [-0.2, -0.15) is 0 Å². The maximum Gasteiger partial charge on any atom is 0.242 e. The third-order valence-electron chi connectivity index (χ3n) is 6.34. The first-order valence-electron chi connectivity index (χ1n) is 12.3. The third kappa shape index (κ3) is 8.62. The van der Waals surface area contributed by atoms with Gasteiger partial charge in [-0.25, -0.2) is 8.42 Å². The van der Waals surface area contributed by atoms with E-state index in [1.54, 1.807) is 25.1 Å². The molecule has 0 radical (unpaired) electrons. The van der Waals surface area contributed by atoms with E-state index in [4.69, 9.17) is 23.2 Å². The van der Waals surface area contributed by atoms with Crippen molar-refractivity contribution >= 4 is 50.7 Å². The average molecular weight is 571 g/mol. The predicted octanol–water partition coefficient (Wildman–Crippen LogP) is 5.49. The maximum absolute atomic E-state index is 13.5. The van der Waals surface area contributed by atoms with Crippen molar-refractivity contribution in [2.24, 2.45) is 0 Å². The largest absolute Gasteiger partial charge is 0.352 e. The highest BCUT2D eigenvalue weighted by Crippen LogP contribution is 2.28. The molecule has 1 N–H and O–H groups in total. The molecule has 0 heterocycles. The zero-order valence-electron chi connectivity index (χ0n) is 22.3. The van der Waals surface area contributed by atoms with E-state index >= 15 is 0 Å². The number of hydrogen-bond acceptors (Lipinski definition) is 4. The first-order valence-corrected chi connectivity index (χ1v) is 14.9. The predicted molar refractivity (Wildman–Crippen MR) is 152 cm³/mol. The van der Waals surface area contributed by atoms with Gasteiger partial charge in [-0.15, -0.1) is 0 Å². The van der Waals surface area contributed by atoms with Crippen molar-refractivity contribution in [3.63, 3.8) is 0 Å². The van der Waals surface area contributed by atoms with Crippen LogP contribution >= 0.6 is 23.2 Å². The number of carbonyl (C=O) groups is 2. The minimum atomic E-state index is -3.57. The Morgan fingerprint density at radius 3 is 2.24 bits per heavy atom. The van der Waals surface area contributed by atoms with E-state index in [1.165, 1.54) is 9.21 Å². The van der Waals surface area contributed by atoms with Gasteiger partial charge in [-0.05, 0) is 69.9 Å². The summed E-state index contributed by atoms with van der Waals surface area (Å²) in [5.41, 5.74) is 2.91. The van der Waals surface area contributed by atoms with Crippen LogP contribution in [0.2, 0.25) is 10.0 Å². The Labute approximate surface area is 231 Å². The van der Waals surface area contributed by atoms with Gasteiger partial charge in [0.25, 0.3) is 0 Å². The van der Waals surface area contributed by atoms with Gasteiger partial charge in [0.05, 0.1) is 11.9 Å². The van der Waals surface area contributed by atoms with Crippen LogP contribution in [0.5, 0.6) is 0 Å². The second-order valence-corrected chi connectivity index (χ2v) is 12.2. The highest BCUT2D eigenvalue weighted by molar-refractivity contribution is 7.92. The number of sulfonamides is 1. The summed E-state index contributed by atoms with van der Waals surface area (Å²) in [5.74, 6) is -0.573. The number of anilines is 1. The molecule has 0 bridgehead atoms. The highest BCUT2D eigenvalue weighted by Gasteiger charge is 2.28. The van der Waals surface area contributed by atoms with Crippen LogP contribution in [0.4, 0.5) is 5.69 Å². The van der Waals surface area contributed by atoms with Gasteiger partial charge < -0.3 is 10.2 Å². The fourth-order valence-corrected chi connectivity index (χ4v) is 5.40. The lowest BCUT2D eigenvalue weighted by molar-refractivity contribution is -0.140. The van der Waals surface area contributed by atoms with Crippen molar-refractivity contribution in [2.45, 2.75) is 72.5 Å². The van der Waals surface area contributed by atoms with Gasteiger partial charge in [0, 0.05) is 41.2 Å². The van der Waals surface area contributed by atoms with Crippen molar-refractivity contribution in [1.82, 2.24) is 10.2 Å². The van der Waals surface area contributed by atoms with E-state index < -0.39 is 16.1 Å². The summed E-state index contributed by atoms with van der Waals surface area (Å²) < 4.78 is 26.5. The van der Waals surface area contributed by atoms with Crippen molar-refractivity contribution in [3.8, 4) is 0 Å². The summed E-state index contributed by atoms with van der Waals surface area (Å²) in [5, 5.41) is 3.72. The molecule has 2 aromatic rings. The Morgan fingerprint density at radius 2 is 1.68 bits per heavy atom. The third-order valence-corrected chi connectivity index (χ3v) is 8.23. The number of carbonyl (C=O) groups excluding carboxylic acids is 2. The number of benzene rings is 2. The molecule has 10 heteroatoms. The van der Waals surface area contributed by atoms with E-state index in [0.29, 0.717) is 21.3 Å². The van der Waals surface area contributed by atoms with Crippen molar-refractivity contribution < 1.29 is 18.0 Å². The van der Waals surface area contributed by atoms with Crippen LogP contribution < -0.4 is 9.62 Å². The van der Waals surface area contributed by atoms with Crippen LogP contribution in [-0.2, 0) is 26.2 Å². The topological polar surface area (TPSA) is 86.8 Å². The lowest BCUT2D eigenvalue weighted by Crippen LogP contribution is -2.49. The van der Waals surface area contributed by atoms with Gasteiger partial charge in [-0.1, -0.05) is 48.3 Å². The Hall–Kier alpha value is -2.29. The average Bonchev–Trinajstić information content (AvgIpc) is 2.82. The molecule has 2 amide bonds. The molecule has 0 aliphatic heterocycles. The molecule has 0 unspecified atom stereocenters. The highest BCUT2D eigenvalue weighted by atomic mass is 35.5. The van der Waals surface area contributed by atoms with Gasteiger partial charge in [0.15, 0.2) is 0 Å². The van der Waals surface area contributed by atoms with E-state index in [0.717, 1.165) is 23.8 Å². The van der Waals surface area contributed by atoms with Crippen molar-refractivity contribution in [3.05, 3.63) is 63.1 Å². The SMILES string of the molecule is CC[C@H](C)NC(=O)[C@H](C)N(Cc1c(Cl)cccc1Cl)C(=O)CCCN(c1cc(C)ccc1C)S(C)(=O)=O. The number of aryl methyl sites for hydroxylation is 2. The zero-order valence-corrected chi connectivity index (χ0v) is 24.7. The molecular formula is C27H37Cl2N3O4S. The van der Waals surface area contributed by atoms with Crippen LogP contribution in [0.3, 0.4) is 0 Å². The van der Waals surface area contributed by atoms with Crippen LogP contribution in [0.1, 0.15) is 56.7 Å². The molecule has 37 heavy (non-hydrogen) atoms. The van der Waals surface area contributed by atoms with E-state index in [1.807, 2.05) is 45.9 Å². The first kappa shape index (κ1) is 30.9. The molecule has 0 aliphatic carbocycles. The number of amides is 2. The monoisotopic (exact) mass is 569 g/mol. The quantitative estimate of drug-likeness (QED) is 0.366. The Morgan fingerprint density at radius 1 is 1.05 bits per heavy atom. The van der Waals surface area contributed by atoms with Gasteiger partial charge in [0.1, 0.15) is 6.04 Å². The summed E-state index contributed by atoms with van der Waals surface area (Å²) in [6.07, 6.45) is 2.22. The molecule has 0 fully saturated rings. The number of rotatable bonds is 12. The smallest absolute Gasteiger partial charge is 0.242 e. The summed E-state index contributed by atoms with van der Waals surface area (Å²) in [7, 11) is -3.57. The molecule has 0 saturated heterocycles. The van der Waals surface area contributed by atoms with Gasteiger partial charge in [-0.3, -0.25) is 13.9 Å². The molecule has 2 aromatic carbocycles. The molecule has 2 rings (SSSR count). The molecule has 0 saturated carbocycles. The summed E-state index contributed by atoms with van der Waals surface area (Å²) in [6.45, 7) is 9.46. The summed E-state index contributed by atoms with van der Waals surface area (Å²) in [6, 6.07) is 9.88. The number of hydrogen-bond donors (Lipinski definition) is 1. The fourth-order valence-electron chi connectivity index (χ4n) is 3.87. The van der Waals surface area contributed by atoms with Crippen LogP contribution in [0.15, 0.2) is 36.4 Å². The Bertz CT molecular complexity index is 1200. The molecular weight excluding hydrogens is 533 g/mol. The molecule has 0 aromatic heterocycles. The molecule has 204 valence electrons. The summed E-state index contributed by atoms with van der Waals surface area (Å²) >= 11 is 12.7. The number of nitrogens with zero attached hydrogens (tertiary/aromatic N) is 2. The van der Waals surface area contributed by atoms with Gasteiger partial charge >= 0.3 is 0 Å². The van der Waals surface area contributed by atoms with Crippen molar-refractivity contribution in [2.75, 3.05) is 17.1 Å². The Kier molecular flexibility index (Phi) is 11.3. The van der Waals surface area contributed by atoms with E-state index in [-0.39, 0.29) is 43.8 Å². The lowest BCUT2D eigenvalue weighted by Gasteiger charge is -2.31. The van der Waals surface area contributed by atoms with Crippen LogP contribution in [0.25, 0.3) is 0 Å². The standard InChI is InChI=1S/C27H37Cl2N3O4S/c1-7-20(4)30-27(34)21(5)31(17-22-23(28)10-8-11-24(22)29)26(33)12-9-15-32(37(6,35)36)25-16-18(2)13-14-19(25)3/h8,10-11,13-14,16,20-21H,7,9,12,15,17H2,1-6H3,(H,30,34)/t20-,21-/m0/s1. The lowest BCUT2D eigenvalue weighted by atomic mass is 10.1. The minimum Gasteiger partial charge on any atom is -0.352 e. The first-order chi connectivity index (χ1) is 17.3.